The highest BCUT2D eigenvalue weighted by molar-refractivity contribution is 5.80. The van der Waals surface area contributed by atoms with E-state index in [2.05, 4.69) is 10.1 Å². The van der Waals surface area contributed by atoms with E-state index < -0.39 is 0 Å². The van der Waals surface area contributed by atoms with Crippen LogP contribution in [0.15, 0.2) is 12.7 Å². The van der Waals surface area contributed by atoms with E-state index in [4.69, 9.17) is 4.74 Å². The number of carbonyl (C=O) groups is 1. The van der Waals surface area contributed by atoms with Crippen LogP contribution < -0.4 is 0 Å². The zero-order valence-electron chi connectivity index (χ0n) is 11.3. The first-order chi connectivity index (χ1) is 8.39. The van der Waals surface area contributed by atoms with Crippen LogP contribution in [0.1, 0.15) is 33.7 Å². The number of ether oxygens (including phenoxy) is 1. The number of morpholine rings is 1. The highest BCUT2D eigenvalue weighted by atomic mass is 16.5. The summed E-state index contributed by atoms with van der Waals surface area (Å²) in [5, 5.41) is 4.01. The lowest BCUT2D eigenvalue weighted by Gasteiger charge is -2.42. The molecule has 2 unspecified atom stereocenters. The average molecular weight is 252 g/mol. The van der Waals surface area contributed by atoms with Crippen LogP contribution in [0.4, 0.5) is 0 Å². The summed E-state index contributed by atoms with van der Waals surface area (Å²) in [5.74, 6) is 0.0590. The Hall–Kier alpha value is -1.43. The standard InChI is InChI=1S/C12H20N4O2/c1-9-5-15(6-12(3,4)18-9)11(17)10(2)16-8-13-7-14-16/h7-10H,5-6H2,1-4H3. The van der Waals surface area contributed by atoms with Crippen molar-refractivity contribution >= 4 is 5.91 Å². The van der Waals surface area contributed by atoms with E-state index >= 15 is 0 Å². The first kappa shape index (κ1) is 13.0. The molecule has 0 aliphatic carbocycles. The minimum absolute atomic E-state index is 0.0562. The molecule has 0 spiro atoms. The predicted molar refractivity (Wildman–Crippen MR) is 65.9 cm³/mol. The number of hydrogen-bond donors (Lipinski definition) is 0. The van der Waals surface area contributed by atoms with Gasteiger partial charge in [0.05, 0.1) is 11.7 Å². The fourth-order valence-corrected chi connectivity index (χ4v) is 2.42. The van der Waals surface area contributed by atoms with Crippen LogP contribution in [0, 0.1) is 0 Å². The molecule has 0 saturated carbocycles. The SMILES string of the molecule is CC1CN(C(=O)C(C)n2cncn2)CC(C)(C)O1. The fourth-order valence-electron chi connectivity index (χ4n) is 2.42. The molecule has 1 aliphatic heterocycles. The molecule has 1 fully saturated rings. The van der Waals surface area contributed by atoms with Gasteiger partial charge in [-0.15, -0.1) is 0 Å². The smallest absolute Gasteiger partial charge is 0.247 e. The molecule has 2 atom stereocenters. The molecule has 0 radical (unpaired) electrons. The zero-order valence-corrected chi connectivity index (χ0v) is 11.3. The van der Waals surface area contributed by atoms with Gasteiger partial charge in [0.25, 0.3) is 0 Å². The second kappa shape index (κ2) is 4.68. The van der Waals surface area contributed by atoms with E-state index in [0.717, 1.165) is 0 Å². The van der Waals surface area contributed by atoms with Crippen LogP contribution in [0.3, 0.4) is 0 Å². The van der Waals surface area contributed by atoms with E-state index in [0.29, 0.717) is 13.1 Å². The summed E-state index contributed by atoms with van der Waals surface area (Å²) < 4.78 is 7.37. The van der Waals surface area contributed by atoms with E-state index in [9.17, 15) is 4.79 Å². The van der Waals surface area contributed by atoms with Gasteiger partial charge in [0.1, 0.15) is 18.7 Å². The van der Waals surface area contributed by atoms with E-state index in [1.165, 1.54) is 6.33 Å². The molecule has 0 aromatic carbocycles. The monoisotopic (exact) mass is 252 g/mol. The summed E-state index contributed by atoms with van der Waals surface area (Å²) in [6.07, 6.45) is 3.06. The lowest BCUT2D eigenvalue weighted by molar-refractivity contribution is -0.160. The number of carbonyl (C=O) groups excluding carboxylic acids is 1. The molecular weight excluding hydrogens is 232 g/mol. The molecule has 1 aromatic heterocycles. The van der Waals surface area contributed by atoms with Gasteiger partial charge in [-0.05, 0) is 27.7 Å². The quantitative estimate of drug-likeness (QED) is 0.783. The number of hydrogen-bond acceptors (Lipinski definition) is 4. The summed E-state index contributed by atoms with van der Waals surface area (Å²) >= 11 is 0. The topological polar surface area (TPSA) is 60.2 Å². The van der Waals surface area contributed by atoms with Gasteiger partial charge in [0, 0.05) is 13.1 Å². The maximum atomic E-state index is 12.4. The molecule has 6 heteroatoms. The van der Waals surface area contributed by atoms with E-state index in [1.54, 1.807) is 11.0 Å². The molecule has 1 aromatic rings. The molecule has 18 heavy (non-hydrogen) atoms. The van der Waals surface area contributed by atoms with Crippen molar-refractivity contribution in [3.05, 3.63) is 12.7 Å². The van der Waals surface area contributed by atoms with Gasteiger partial charge in [-0.1, -0.05) is 0 Å². The maximum Gasteiger partial charge on any atom is 0.247 e. The van der Waals surface area contributed by atoms with Gasteiger partial charge in [0.15, 0.2) is 0 Å². The Morgan fingerprint density at radius 3 is 2.83 bits per heavy atom. The molecule has 2 rings (SSSR count). The van der Waals surface area contributed by atoms with Crippen molar-refractivity contribution in [3.8, 4) is 0 Å². The first-order valence-electron chi connectivity index (χ1n) is 6.20. The maximum absolute atomic E-state index is 12.4. The number of amides is 1. The number of aromatic nitrogens is 3. The summed E-state index contributed by atoms with van der Waals surface area (Å²) in [5.41, 5.74) is -0.296. The summed E-state index contributed by atoms with van der Waals surface area (Å²) in [7, 11) is 0. The Morgan fingerprint density at radius 2 is 2.28 bits per heavy atom. The summed E-state index contributed by atoms with van der Waals surface area (Å²) in [4.78, 5) is 18.1. The highest BCUT2D eigenvalue weighted by Crippen LogP contribution is 2.22. The molecule has 1 saturated heterocycles. The van der Waals surface area contributed by atoms with E-state index in [-0.39, 0.29) is 23.7 Å². The third-order valence-corrected chi connectivity index (χ3v) is 3.07. The van der Waals surface area contributed by atoms with Gasteiger partial charge < -0.3 is 9.64 Å². The van der Waals surface area contributed by atoms with Gasteiger partial charge in [-0.3, -0.25) is 4.79 Å². The Balaban J connectivity index is 2.09. The summed E-state index contributed by atoms with van der Waals surface area (Å²) in [6, 6.07) is -0.325. The summed E-state index contributed by atoms with van der Waals surface area (Å²) in [6.45, 7) is 9.06. The van der Waals surface area contributed by atoms with Crippen molar-refractivity contribution in [1.29, 1.82) is 0 Å². The third kappa shape index (κ3) is 2.69. The van der Waals surface area contributed by atoms with Crippen LogP contribution in [0.5, 0.6) is 0 Å². The van der Waals surface area contributed by atoms with Gasteiger partial charge in [-0.2, -0.15) is 5.10 Å². The molecule has 0 N–H and O–H groups in total. The zero-order chi connectivity index (χ0) is 13.3. The van der Waals surface area contributed by atoms with Crippen molar-refractivity contribution < 1.29 is 9.53 Å². The van der Waals surface area contributed by atoms with Gasteiger partial charge in [-0.25, -0.2) is 9.67 Å². The average Bonchev–Trinajstić information content (AvgIpc) is 2.77. The Kier molecular flexibility index (Phi) is 3.38. The molecule has 1 amide bonds. The van der Waals surface area contributed by atoms with Crippen molar-refractivity contribution in [2.45, 2.75) is 45.4 Å². The van der Waals surface area contributed by atoms with Crippen molar-refractivity contribution in [2.75, 3.05) is 13.1 Å². The lowest BCUT2D eigenvalue weighted by Crippen LogP contribution is -2.55. The minimum atomic E-state index is -0.325. The predicted octanol–water partition coefficient (Wildman–Crippen LogP) is 0.865. The molecule has 2 heterocycles. The van der Waals surface area contributed by atoms with E-state index in [1.807, 2.05) is 32.6 Å². The van der Waals surface area contributed by atoms with Crippen LogP contribution in [-0.4, -0.2) is 50.4 Å². The second-order valence-corrected chi connectivity index (χ2v) is 5.46. The van der Waals surface area contributed by atoms with Crippen molar-refractivity contribution in [1.82, 2.24) is 19.7 Å². The van der Waals surface area contributed by atoms with Crippen LogP contribution in [-0.2, 0) is 9.53 Å². The van der Waals surface area contributed by atoms with Gasteiger partial charge >= 0.3 is 0 Å². The Morgan fingerprint density at radius 1 is 1.56 bits per heavy atom. The molecule has 100 valence electrons. The Labute approximate surface area is 107 Å². The van der Waals surface area contributed by atoms with Crippen LogP contribution in [0.2, 0.25) is 0 Å². The lowest BCUT2D eigenvalue weighted by atomic mass is 10.0. The largest absolute Gasteiger partial charge is 0.369 e. The number of nitrogens with zero attached hydrogens (tertiary/aromatic N) is 4. The Bertz CT molecular complexity index is 416. The second-order valence-electron chi connectivity index (χ2n) is 5.46. The fraction of sp³-hybridized carbons (Fsp3) is 0.750. The normalized spacial score (nSPS) is 24.9. The highest BCUT2D eigenvalue weighted by Gasteiger charge is 2.35. The third-order valence-electron chi connectivity index (χ3n) is 3.07. The minimum Gasteiger partial charge on any atom is -0.369 e. The number of rotatable bonds is 2. The molecule has 1 aliphatic rings. The molecular formula is C12H20N4O2. The first-order valence-corrected chi connectivity index (χ1v) is 6.20. The van der Waals surface area contributed by atoms with Crippen LogP contribution >= 0.6 is 0 Å². The molecule has 6 nitrogen and oxygen atoms in total. The molecule has 0 bridgehead atoms. The van der Waals surface area contributed by atoms with Crippen molar-refractivity contribution in [2.24, 2.45) is 0 Å². The van der Waals surface area contributed by atoms with Gasteiger partial charge in [0.2, 0.25) is 5.91 Å². The van der Waals surface area contributed by atoms with Crippen LogP contribution in [0.25, 0.3) is 0 Å². The van der Waals surface area contributed by atoms with Crippen molar-refractivity contribution in [3.63, 3.8) is 0 Å².